The first kappa shape index (κ1) is 9.30. The van der Waals surface area contributed by atoms with Crippen molar-refractivity contribution in [2.45, 2.75) is 13.5 Å². The van der Waals surface area contributed by atoms with Crippen molar-refractivity contribution < 1.29 is 4.52 Å². The van der Waals surface area contributed by atoms with Crippen LogP contribution in [0.4, 0.5) is 0 Å². The van der Waals surface area contributed by atoms with E-state index in [-0.39, 0.29) is 0 Å². The zero-order valence-corrected chi connectivity index (χ0v) is 8.94. The van der Waals surface area contributed by atoms with Crippen molar-refractivity contribution in [3.63, 3.8) is 0 Å². The van der Waals surface area contributed by atoms with Crippen LogP contribution in [0.15, 0.2) is 4.52 Å². The third-order valence-electron chi connectivity index (χ3n) is 3.40. The Morgan fingerprint density at radius 1 is 1.40 bits per heavy atom. The van der Waals surface area contributed by atoms with Crippen molar-refractivity contribution in [3.8, 4) is 0 Å². The highest BCUT2D eigenvalue weighted by atomic mass is 16.5. The van der Waals surface area contributed by atoms with E-state index in [0.717, 1.165) is 24.2 Å². The maximum Gasteiger partial charge on any atom is 0.223 e. The van der Waals surface area contributed by atoms with Crippen molar-refractivity contribution >= 4 is 0 Å². The number of nitrogens with one attached hydrogen (secondary N) is 1. The minimum Gasteiger partial charge on any atom is -0.340 e. The molecule has 2 atom stereocenters. The van der Waals surface area contributed by atoms with Crippen LogP contribution in [-0.2, 0) is 6.54 Å². The van der Waals surface area contributed by atoms with E-state index in [9.17, 15) is 0 Å². The average Bonchev–Trinajstić information content (AvgIpc) is 2.81. The highest BCUT2D eigenvalue weighted by Crippen LogP contribution is 2.26. The van der Waals surface area contributed by atoms with E-state index in [0.29, 0.717) is 5.89 Å². The second kappa shape index (κ2) is 3.57. The fourth-order valence-electron chi connectivity index (χ4n) is 2.69. The van der Waals surface area contributed by atoms with Gasteiger partial charge in [-0.3, -0.25) is 4.90 Å². The van der Waals surface area contributed by atoms with Gasteiger partial charge in [-0.15, -0.1) is 0 Å². The predicted octanol–water partition coefficient (Wildman–Crippen LogP) is 0.0292. The lowest BCUT2D eigenvalue weighted by Gasteiger charge is -2.13. The number of nitrogens with zero attached hydrogens (tertiary/aromatic N) is 3. The molecular weight excluding hydrogens is 192 g/mol. The van der Waals surface area contributed by atoms with E-state index < -0.39 is 0 Å². The predicted molar refractivity (Wildman–Crippen MR) is 54.2 cm³/mol. The Hall–Kier alpha value is -0.940. The zero-order chi connectivity index (χ0) is 10.3. The molecule has 2 saturated heterocycles. The average molecular weight is 208 g/mol. The fourth-order valence-corrected chi connectivity index (χ4v) is 2.69. The van der Waals surface area contributed by atoms with Gasteiger partial charge >= 0.3 is 0 Å². The molecular formula is C10H16N4O. The maximum absolute atomic E-state index is 4.97. The third-order valence-corrected chi connectivity index (χ3v) is 3.40. The molecule has 1 N–H and O–H groups in total. The minimum atomic E-state index is 0.658. The van der Waals surface area contributed by atoms with Crippen LogP contribution in [0.2, 0.25) is 0 Å². The number of aryl methyl sites for hydroxylation is 1. The maximum atomic E-state index is 4.97. The Labute approximate surface area is 88.8 Å². The number of rotatable bonds is 2. The molecule has 0 aliphatic carbocycles. The Kier molecular flexibility index (Phi) is 2.21. The summed E-state index contributed by atoms with van der Waals surface area (Å²) in [6.45, 7) is 7.36. The van der Waals surface area contributed by atoms with E-state index in [2.05, 4.69) is 20.4 Å². The Balaban J connectivity index is 1.61. The summed E-state index contributed by atoms with van der Waals surface area (Å²) in [5, 5.41) is 7.37. The molecule has 5 heteroatoms. The molecule has 2 aliphatic rings. The molecule has 0 aromatic carbocycles. The molecule has 5 nitrogen and oxygen atoms in total. The first-order valence-electron chi connectivity index (χ1n) is 5.53. The summed E-state index contributed by atoms with van der Waals surface area (Å²) in [6.07, 6.45) is 0. The first-order chi connectivity index (χ1) is 7.31. The SMILES string of the molecule is Cc1nc(CN2C[C@H]3CNC[C@@H]3C2)no1. The number of fused-ring (bicyclic) bond motifs is 1. The highest BCUT2D eigenvalue weighted by molar-refractivity contribution is 4.93. The van der Waals surface area contributed by atoms with E-state index in [1.807, 2.05) is 6.92 Å². The highest BCUT2D eigenvalue weighted by Gasteiger charge is 2.36. The van der Waals surface area contributed by atoms with Gasteiger partial charge in [-0.1, -0.05) is 5.16 Å². The summed E-state index contributed by atoms with van der Waals surface area (Å²) in [4.78, 5) is 6.66. The van der Waals surface area contributed by atoms with Crippen LogP contribution >= 0.6 is 0 Å². The van der Waals surface area contributed by atoms with Gasteiger partial charge in [-0.25, -0.2) is 0 Å². The molecule has 0 bridgehead atoms. The fraction of sp³-hybridized carbons (Fsp3) is 0.800. The molecule has 0 saturated carbocycles. The minimum absolute atomic E-state index is 0.658. The summed E-state index contributed by atoms with van der Waals surface area (Å²) in [5.41, 5.74) is 0. The summed E-state index contributed by atoms with van der Waals surface area (Å²) >= 11 is 0. The van der Waals surface area contributed by atoms with Crippen molar-refractivity contribution in [1.29, 1.82) is 0 Å². The normalized spacial score (nSPS) is 31.0. The zero-order valence-electron chi connectivity index (χ0n) is 8.94. The second-order valence-corrected chi connectivity index (χ2v) is 4.60. The Bertz CT molecular complexity index is 339. The van der Waals surface area contributed by atoms with Crippen LogP contribution in [0.1, 0.15) is 11.7 Å². The molecule has 82 valence electrons. The molecule has 2 aliphatic heterocycles. The van der Waals surface area contributed by atoms with Crippen LogP contribution in [0.5, 0.6) is 0 Å². The summed E-state index contributed by atoms with van der Waals surface area (Å²) in [7, 11) is 0. The summed E-state index contributed by atoms with van der Waals surface area (Å²) < 4.78 is 4.97. The molecule has 0 spiro atoms. The molecule has 0 amide bonds. The molecule has 3 rings (SSSR count). The largest absolute Gasteiger partial charge is 0.340 e. The van der Waals surface area contributed by atoms with Crippen LogP contribution in [0.25, 0.3) is 0 Å². The van der Waals surface area contributed by atoms with E-state index in [1.54, 1.807) is 0 Å². The lowest BCUT2D eigenvalue weighted by Crippen LogP contribution is -2.25. The van der Waals surface area contributed by atoms with Crippen molar-refractivity contribution in [3.05, 3.63) is 11.7 Å². The summed E-state index contributed by atoms with van der Waals surface area (Å²) in [6, 6.07) is 0. The van der Waals surface area contributed by atoms with Gasteiger partial charge in [0.1, 0.15) is 0 Å². The monoisotopic (exact) mass is 208 g/mol. The van der Waals surface area contributed by atoms with Gasteiger partial charge in [0.15, 0.2) is 5.82 Å². The van der Waals surface area contributed by atoms with Gasteiger partial charge in [-0.2, -0.15) is 4.98 Å². The lowest BCUT2D eigenvalue weighted by atomic mass is 10.0. The third kappa shape index (κ3) is 1.77. The molecule has 2 fully saturated rings. The van der Waals surface area contributed by atoms with Gasteiger partial charge in [0.25, 0.3) is 0 Å². The van der Waals surface area contributed by atoms with Crippen LogP contribution < -0.4 is 5.32 Å². The van der Waals surface area contributed by atoms with Crippen LogP contribution in [0, 0.1) is 18.8 Å². The van der Waals surface area contributed by atoms with Gasteiger partial charge in [0, 0.05) is 20.0 Å². The lowest BCUT2D eigenvalue weighted by molar-refractivity contribution is 0.290. The van der Waals surface area contributed by atoms with E-state index in [1.165, 1.54) is 26.2 Å². The summed E-state index contributed by atoms with van der Waals surface area (Å²) in [5.74, 6) is 3.14. The smallest absolute Gasteiger partial charge is 0.223 e. The molecule has 0 radical (unpaired) electrons. The quantitative estimate of drug-likeness (QED) is 0.743. The van der Waals surface area contributed by atoms with Crippen molar-refractivity contribution in [1.82, 2.24) is 20.4 Å². The van der Waals surface area contributed by atoms with Crippen LogP contribution in [-0.4, -0.2) is 41.2 Å². The topological polar surface area (TPSA) is 54.2 Å². The molecule has 0 unspecified atom stereocenters. The van der Waals surface area contributed by atoms with E-state index >= 15 is 0 Å². The van der Waals surface area contributed by atoms with Gasteiger partial charge in [0.2, 0.25) is 5.89 Å². The van der Waals surface area contributed by atoms with Crippen molar-refractivity contribution in [2.75, 3.05) is 26.2 Å². The molecule has 1 aromatic rings. The number of hydrogen-bond donors (Lipinski definition) is 1. The van der Waals surface area contributed by atoms with Gasteiger partial charge in [-0.05, 0) is 24.9 Å². The van der Waals surface area contributed by atoms with Crippen molar-refractivity contribution in [2.24, 2.45) is 11.8 Å². The Morgan fingerprint density at radius 2 is 2.13 bits per heavy atom. The number of hydrogen-bond acceptors (Lipinski definition) is 5. The van der Waals surface area contributed by atoms with Gasteiger partial charge < -0.3 is 9.84 Å². The first-order valence-corrected chi connectivity index (χ1v) is 5.53. The molecule has 15 heavy (non-hydrogen) atoms. The standard InChI is InChI=1S/C10H16N4O/c1-7-12-10(13-15-7)6-14-4-8-2-11-3-9(8)5-14/h8-9,11H,2-6H2,1H3/t8-,9-/m1/s1. The second-order valence-electron chi connectivity index (χ2n) is 4.60. The molecule has 3 heterocycles. The van der Waals surface area contributed by atoms with E-state index in [4.69, 9.17) is 4.52 Å². The molecule has 1 aromatic heterocycles. The van der Waals surface area contributed by atoms with Crippen LogP contribution in [0.3, 0.4) is 0 Å². The Morgan fingerprint density at radius 3 is 2.73 bits per heavy atom. The van der Waals surface area contributed by atoms with Gasteiger partial charge in [0.05, 0.1) is 6.54 Å². The number of aromatic nitrogens is 2. The number of likely N-dealkylation sites (tertiary alicyclic amines) is 1.